The molecule has 0 radical (unpaired) electrons. The number of carbonyl (C=O) groups excluding carboxylic acids is 2. The van der Waals surface area contributed by atoms with Gasteiger partial charge in [0.15, 0.2) is 0 Å². The molecule has 30 heavy (non-hydrogen) atoms. The first kappa shape index (κ1) is 22.1. The number of nitrogens with two attached hydrogens (primary N) is 1. The summed E-state index contributed by atoms with van der Waals surface area (Å²) in [7, 11) is 1.70. The summed E-state index contributed by atoms with van der Waals surface area (Å²) in [6, 6.07) is -0.437. The van der Waals surface area contributed by atoms with E-state index in [0.717, 1.165) is 0 Å². The van der Waals surface area contributed by atoms with E-state index in [4.69, 9.17) is 10.5 Å². The first-order valence-corrected chi connectivity index (χ1v) is 9.84. The van der Waals surface area contributed by atoms with E-state index in [9.17, 15) is 19.8 Å². The number of aliphatic hydroxyl groups is 2. The molecular formula is C19H28N6O5. The molecule has 1 fully saturated rings. The summed E-state index contributed by atoms with van der Waals surface area (Å²) < 4.78 is 7.25. The topological polar surface area (TPSA) is 165 Å². The molecule has 0 saturated carbocycles. The van der Waals surface area contributed by atoms with Gasteiger partial charge in [0.05, 0.1) is 29.7 Å². The van der Waals surface area contributed by atoms with Gasteiger partial charge in [0.25, 0.3) is 5.91 Å². The Kier molecular flexibility index (Phi) is 6.66. The van der Waals surface area contributed by atoms with Gasteiger partial charge in [-0.3, -0.25) is 9.59 Å². The largest absolute Gasteiger partial charge is 0.394 e. The van der Waals surface area contributed by atoms with Crippen LogP contribution < -0.4 is 16.4 Å². The fraction of sp³-hybridized carbons (Fsp3) is 0.579. The Labute approximate surface area is 173 Å². The molecule has 2 aromatic heterocycles. The van der Waals surface area contributed by atoms with Gasteiger partial charge in [0.1, 0.15) is 30.1 Å². The van der Waals surface area contributed by atoms with Crippen LogP contribution in [0.25, 0.3) is 11.0 Å². The van der Waals surface area contributed by atoms with Crippen molar-refractivity contribution in [3.8, 4) is 0 Å². The molecule has 3 heterocycles. The number of nitrogens with one attached hydrogen (secondary N) is 2. The average Bonchev–Trinajstić information content (AvgIpc) is 3.26. The van der Waals surface area contributed by atoms with Crippen LogP contribution in [0.3, 0.4) is 0 Å². The Hall–Kier alpha value is -2.60. The lowest BCUT2D eigenvalue weighted by Gasteiger charge is -2.18. The minimum absolute atomic E-state index is 0.122. The number of rotatable bonds is 8. The number of fused-ring (bicyclic) bond motifs is 1. The van der Waals surface area contributed by atoms with Crippen LogP contribution >= 0.6 is 0 Å². The summed E-state index contributed by atoms with van der Waals surface area (Å²) in [5.41, 5.74) is 6.01. The van der Waals surface area contributed by atoms with Gasteiger partial charge in [-0.1, -0.05) is 13.8 Å². The van der Waals surface area contributed by atoms with E-state index in [0.29, 0.717) is 23.4 Å². The first-order chi connectivity index (χ1) is 14.3. The normalized spacial score (nSPS) is 22.5. The quantitative estimate of drug-likeness (QED) is 0.390. The standard InChI is InChI=1S/C19H28N6O5/c1-9(2)4-11(21-3)19(29)24-17-15-10(16(20)28)6-25(18(15)23-8-22-17)14-5-12(27)13(7-26)30-14/h6,8-9,11-14,21,26-27H,4-5,7H2,1-3H3,(H2,20,28)(H,22,23,24,29)/t11?,12-,13-,14-/m1/s1. The molecule has 3 rings (SSSR count). The number of nitrogens with zero attached hydrogens (tertiary/aromatic N) is 3. The van der Waals surface area contributed by atoms with Crippen molar-refractivity contribution in [2.24, 2.45) is 11.7 Å². The first-order valence-electron chi connectivity index (χ1n) is 9.84. The molecule has 2 amide bonds. The molecule has 1 aliphatic rings. The molecule has 0 bridgehead atoms. The molecular weight excluding hydrogens is 392 g/mol. The van der Waals surface area contributed by atoms with Gasteiger partial charge in [0.2, 0.25) is 5.91 Å². The summed E-state index contributed by atoms with van der Waals surface area (Å²) in [6.07, 6.45) is 1.31. The smallest absolute Gasteiger partial charge is 0.251 e. The molecule has 1 aliphatic heterocycles. The second-order valence-electron chi connectivity index (χ2n) is 7.81. The summed E-state index contributed by atoms with van der Waals surface area (Å²) in [6.45, 7) is 3.69. The highest BCUT2D eigenvalue weighted by atomic mass is 16.5. The molecule has 164 valence electrons. The Balaban J connectivity index is 2.00. The Morgan fingerprint density at radius 3 is 2.70 bits per heavy atom. The third-order valence-corrected chi connectivity index (χ3v) is 5.18. The van der Waals surface area contributed by atoms with Crippen molar-refractivity contribution in [1.82, 2.24) is 19.9 Å². The van der Waals surface area contributed by atoms with Crippen molar-refractivity contribution in [3.63, 3.8) is 0 Å². The van der Waals surface area contributed by atoms with Crippen LogP contribution in [0.2, 0.25) is 0 Å². The zero-order valence-electron chi connectivity index (χ0n) is 17.2. The lowest BCUT2D eigenvalue weighted by molar-refractivity contribution is -0.118. The van der Waals surface area contributed by atoms with Crippen molar-refractivity contribution in [3.05, 3.63) is 18.1 Å². The molecule has 6 N–H and O–H groups in total. The predicted octanol–water partition coefficient (Wildman–Crippen LogP) is -0.256. The SMILES string of the molecule is CNC(CC(C)C)C(=O)Nc1ncnc2c1c(C(N)=O)cn2[C@H]1C[C@@H](O)[C@@H](CO)O1. The summed E-state index contributed by atoms with van der Waals surface area (Å²) in [4.78, 5) is 33.2. The summed E-state index contributed by atoms with van der Waals surface area (Å²) in [5.74, 6) is -0.541. The second kappa shape index (κ2) is 9.04. The van der Waals surface area contributed by atoms with Crippen LogP contribution in [-0.2, 0) is 9.53 Å². The highest BCUT2D eigenvalue weighted by Gasteiger charge is 2.36. The van der Waals surface area contributed by atoms with Crippen LogP contribution in [0.1, 0.15) is 43.3 Å². The molecule has 11 heteroatoms. The number of hydrogen-bond donors (Lipinski definition) is 5. The monoisotopic (exact) mass is 420 g/mol. The van der Waals surface area contributed by atoms with E-state index in [1.54, 1.807) is 11.6 Å². The maximum atomic E-state index is 12.7. The number of ether oxygens (including phenoxy) is 1. The van der Waals surface area contributed by atoms with Crippen LogP contribution in [-0.4, -0.2) is 68.5 Å². The highest BCUT2D eigenvalue weighted by Crippen LogP contribution is 2.34. The number of aliphatic hydroxyl groups excluding tert-OH is 2. The van der Waals surface area contributed by atoms with Crippen LogP contribution in [0.5, 0.6) is 0 Å². The lowest BCUT2D eigenvalue weighted by atomic mass is 10.0. The number of carbonyl (C=O) groups is 2. The van der Waals surface area contributed by atoms with E-state index in [1.165, 1.54) is 12.5 Å². The van der Waals surface area contributed by atoms with Crippen LogP contribution in [0.15, 0.2) is 12.5 Å². The Morgan fingerprint density at radius 2 is 2.13 bits per heavy atom. The number of amides is 2. The number of aromatic nitrogens is 3. The highest BCUT2D eigenvalue weighted by molar-refractivity contribution is 6.11. The molecule has 1 saturated heterocycles. The van der Waals surface area contributed by atoms with Gasteiger partial charge >= 0.3 is 0 Å². The zero-order chi connectivity index (χ0) is 22.0. The van der Waals surface area contributed by atoms with Gasteiger partial charge in [-0.05, 0) is 19.4 Å². The fourth-order valence-electron chi connectivity index (χ4n) is 3.67. The van der Waals surface area contributed by atoms with Gasteiger partial charge in [0, 0.05) is 12.6 Å². The second-order valence-corrected chi connectivity index (χ2v) is 7.81. The van der Waals surface area contributed by atoms with Gasteiger partial charge in [-0.2, -0.15) is 0 Å². The van der Waals surface area contributed by atoms with Crippen molar-refractivity contribution in [1.29, 1.82) is 0 Å². The zero-order valence-corrected chi connectivity index (χ0v) is 17.2. The van der Waals surface area contributed by atoms with E-state index in [1.807, 2.05) is 13.8 Å². The van der Waals surface area contributed by atoms with Crippen molar-refractivity contribution in [2.75, 3.05) is 19.0 Å². The van der Waals surface area contributed by atoms with E-state index in [2.05, 4.69) is 20.6 Å². The van der Waals surface area contributed by atoms with Gasteiger partial charge < -0.3 is 35.9 Å². The molecule has 0 aliphatic carbocycles. The fourth-order valence-corrected chi connectivity index (χ4v) is 3.67. The van der Waals surface area contributed by atoms with Crippen LogP contribution in [0, 0.1) is 5.92 Å². The summed E-state index contributed by atoms with van der Waals surface area (Å²) in [5, 5.41) is 25.4. The van der Waals surface area contributed by atoms with Gasteiger partial charge in [-0.15, -0.1) is 0 Å². The number of likely N-dealkylation sites (N-methyl/N-ethyl adjacent to an activating group) is 1. The molecule has 2 aromatic rings. The maximum Gasteiger partial charge on any atom is 0.251 e. The number of primary amides is 1. The number of hydrogen-bond acceptors (Lipinski definition) is 8. The van der Waals surface area contributed by atoms with Crippen molar-refractivity contribution < 1.29 is 24.5 Å². The average molecular weight is 420 g/mol. The predicted molar refractivity (Wildman–Crippen MR) is 109 cm³/mol. The van der Waals surface area contributed by atoms with Crippen LogP contribution in [0.4, 0.5) is 5.82 Å². The molecule has 4 atom stereocenters. The molecule has 0 aromatic carbocycles. The van der Waals surface area contributed by atoms with Crippen molar-refractivity contribution >= 4 is 28.7 Å². The molecule has 1 unspecified atom stereocenters. The third-order valence-electron chi connectivity index (χ3n) is 5.18. The lowest BCUT2D eigenvalue weighted by Crippen LogP contribution is -2.39. The van der Waals surface area contributed by atoms with E-state index < -0.39 is 30.4 Å². The van der Waals surface area contributed by atoms with E-state index in [-0.39, 0.29) is 30.3 Å². The molecule has 11 nitrogen and oxygen atoms in total. The Morgan fingerprint density at radius 1 is 1.40 bits per heavy atom. The minimum Gasteiger partial charge on any atom is -0.394 e. The summed E-state index contributed by atoms with van der Waals surface area (Å²) >= 11 is 0. The van der Waals surface area contributed by atoms with E-state index >= 15 is 0 Å². The third kappa shape index (κ3) is 4.29. The maximum absolute atomic E-state index is 12.7. The minimum atomic E-state index is -0.858. The van der Waals surface area contributed by atoms with Crippen molar-refractivity contribution in [2.45, 2.75) is 51.2 Å². The van der Waals surface area contributed by atoms with Gasteiger partial charge in [-0.25, -0.2) is 9.97 Å². The molecule has 0 spiro atoms. The number of anilines is 1. The Bertz CT molecular complexity index is 930.